The minimum absolute atomic E-state index is 0.0122. The van der Waals surface area contributed by atoms with Gasteiger partial charge in [-0.15, -0.1) is 0 Å². The third kappa shape index (κ3) is 5.12. The van der Waals surface area contributed by atoms with E-state index < -0.39 is 17.2 Å². The highest BCUT2D eigenvalue weighted by atomic mass is 19.4. The molecule has 1 saturated heterocycles. The van der Waals surface area contributed by atoms with Crippen molar-refractivity contribution in [2.75, 3.05) is 19.6 Å². The number of carbonyl (C=O) groups is 1. The fourth-order valence-corrected chi connectivity index (χ4v) is 5.36. The van der Waals surface area contributed by atoms with Crippen molar-refractivity contribution in [2.45, 2.75) is 39.0 Å². The van der Waals surface area contributed by atoms with Crippen LogP contribution in [0.5, 0.6) is 11.5 Å². The molecule has 0 spiro atoms. The summed E-state index contributed by atoms with van der Waals surface area (Å²) in [6, 6.07) is 21.8. The number of ether oxygens (including phenoxy) is 1. The van der Waals surface area contributed by atoms with Crippen molar-refractivity contribution in [1.82, 2.24) is 9.80 Å². The molecule has 1 unspecified atom stereocenters. The molecule has 0 N–H and O–H groups in total. The third-order valence-corrected chi connectivity index (χ3v) is 7.22. The Balaban J connectivity index is 1.25. The van der Waals surface area contributed by atoms with Crippen LogP contribution in [0, 0.1) is 5.41 Å². The topological polar surface area (TPSA) is 32.8 Å². The monoisotopic (exact) mass is 494 g/mol. The molecule has 0 radical (unpaired) electrons. The molecule has 0 bridgehead atoms. The highest BCUT2D eigenvalue weighted by Gasteiger charge is 2.44. The van der Waals surface area contributed by atoms with Gasteiger partial charge in [-0.05, 0) is 73.3 Å². The van der Waals surface area contributed by atoms with Crippen LogP contribution in [0.2, 0.25) is 0 Å². The van der Waals surface area contributed by atoms with Crippen molar-refractivity contribution in [3.63, 3.8) is 0 Å². The molecule has 3 aromatic carbocycles. The highest BCUT2D eigenvalue weighted by Crippen LogP contribution is 2.38. The first-order chi connectivity index (χ1) is 17.2. The number of likely N-dealkylation sites (tertiary alicyclic amines) is 1. The minimum atomic E-state index is -4.43. The van der Waals surface area contributed by atoms with Crippen LogP contribution in [0.15, 0.2) is 72.8 Å². The summed E-state index contributed by atoms with van der Waals surface area (Å²) in [5, 5.41) is 0. The van der Waals surface area contributed by atoms with Gasteiger partial charge in [0, 0.05) is 26.2 Å². The quantitative estimate of drug-likeness (QED) is 0.418. The Hall–Kier alpha value is -3.32. The zero-order valence-corrected chi connectivity index (χ0v) is 20.2. The van der Waals surface area contributed by atoms with E-state index in [-0.39, 0.29) is 18.0 Å². The number of rotatable bonds is 5. The number of alkyl halides is 3. The van der Waals surface area contributed by atoms with Gasteiger partial charge in [0.05, 0.1) is 11.0 Å². The molecular formula is C29H29F3N2O2. The maximum atomic E-state index is 13.6. The number of carbonyl (C=O) groups excluding carboxylic acids is 1. The van der Waals surface area contributed by atoms with Crippen molar-refractivity contribution in [3.05, 3.63) is 95.1 Å². The smallest absolute Gasteiger partial charge is 0.416 e. The van der Waals surface area contributed by atoms with Crippen molar-refractivity contribution >= 4 is 5.91 Å². The molecule has 36 heavy (non-hydrogen) atoms. The van der Waals surface area contributed by atoms with Crippen LogP contribution in [-0.4, -0.2) is 35.3 Å². The number of fused-ring (bicyclic) bond motifs is 1. The second kappa shape index (κ2) is 9.62. The van der Waals surface area contributed by atoms with E-state index in [1.165, 1.54) is 6.07 Å². The lowest BCUT2D eigenvalue weighted by atomic mass is 9.86. The van der Waals surface area contributed by atoms with Crippen LogP contribution in [0.25, 0.3) is 0 Å². The first-order valence-electron chi connectivity index (χ1n) is 12.2. The number of halogens is 3. The van der Waals surface area contributed by atoms with Crippen molar-refractivity contribution in [1.29, 1.82) is 0 Å². The fourth-order valence-electron chi connectivity index (χ4n) is 5.36. The van der Waals surface area contributed by atoms with E-state index >= 15 is 0 Å². The number of nitrogens with zero attached hydrogens (tertiary/aromatic N) is 2. The molecule has 0 saturated carbocycles. The Morgan fingerprint density at radius 1 is 0.972 bits per heavy atom. The van der Waals surface area contributed by atoms with E-state index in [4.69, 9.17) is 4.74 Å². The van der Waals surface area contributed by atoms with Gasteiger partial charge >= 0.3 is 6.18 Å². The molecule has 0 aromatic heterocycles. The molecule has 5 rings (SSSR count). The summed E-state index contributed by atoms with van der Waals surface area (Å²) in [5.74, 6) is 1.46. The van der Waals surface area contributed by atoms with E-state index in [0.717, 1.165) is 29.7 Å². The molecule has 0 aliphatic carbocycles. The van der Waals surface area contributed by atoms with Crippen LogP contribution >= 0.6 is 0 Å². The molecule has 1 amide bonds. The van der Waals surface area contributed by atoms with Gasteiger partial charge < -0.3 is 9.64 Å². The van der Waals surface area contributed by atoms with Crippen LogP contribution in [0.3, 0.4) is 0 Å². The Labute approximate surface area is 209 Å². The van der Waals surface area contributed by atoms with Crippen molar-refractivity contribution < 1.29 is 22.7 Å². The third-order valence-electron chi connectivity index (χ3n) is 7.22. The van der Waals surface area contributed by atoms with Gasteiger partial charge in [-0.1, -0.05) is 42.5 Å². The number of para-hydroxylation sites is 1. The van der Waals surface area contributed by atoms with Crippen LogP contribution < -0.4 is 4.74 Å². The average molecular weight is 495 g/mol. The Morgan fingerprint density at radius 2 is 1.72 bits per heavy atom. The van der Waals surface area contributed by atoms with Gasteiger partial charge in [0.15, 0.2) is 0 Å². The standard InChI is InChI=1S/C29H29F3N2O2/c1-28(27(35)34-15-13-22-8-6-12-26(25(22)19-34)29(30,31)32)14-16-33(20-28)18-21-7-5-11-24(17-21)36-23-9-3-2-4-10-23/h2-12,17H,13-16,18-20H2,1H3. The fraction of sp³-hybridized carbons (Fsp3) is 0.345. The van der Waals surface area contributed by atoms with E-state index in [1.54, 1.807) is 11.0 Å². The summed E-state index contributed by atoms with van der Waals surface area (Å²) in [6.45, 7) is 4.40. The highest BCUT2D eigenvalue weighted by molar-refractivity contribution is 5.83. The second-order valence-corrected chi connectivity index (χ2v) is 10.0. The van der Waals surface area contributed by atoms with E-state index in [1.807, 2.05) is 61.5 Å². The van der Waals surface area contributed by atoms with Gasteiger partial charge in [-0.2, -0.15) is 13.2 Å². The number of hydrogen-bond acceptors (Lipinski definition) is 3. The SMILES string of the molecule is CC1(C(=O)N2CCc3cccc(C(F)(F)F)c3C2)CCN(Cc2cccc(Oc3ccccc3)c2)C1. The van der Waals surface area contributed by atoms with Gasteiger partial charge in [-0.25, -0.2) is 0 Å². The Bertz CT molecular complexity index is 1240. The van der Waals surface area contributed by atoms with Gasteiger partial charge in [0.25, 0.3) is 0 Å². The van der Waals surface area contributed by atoms with Crippen LogP contribution in [0.4, 0.5) is 13.2 Å². The number of hydrogen-bond donors (Lipinski definition) is 0. The summed E-state index contributed by atoms with van der Waals surface area (Å²) in [6.07, 6.45) is -3.31. The lowest BCUT2D eigenvalue weighted by Gasteiger charge is -2.36. The second-order valence-electron chi connectivity index (χ2n) is 10.0. The van der Waals surface area contributed by atoms with Gasteiger partial charge in [0.2, 0.25) is 5.91 Å². The molecule has 2 heterocycles. The summed E-state index contributed by atoms with van der Waals surface area (Å²) in [5.41, 5.74) is 0.751. The predicted molar refractivity (Wildman–Crippen MR) is 132 cm³/mol. The number of benzene rings is 3. The molecule has 1 fully saturated rings. The van der Waals surface area contributed by atoms with E-state index in [2.05, 4.69) is 4.90 Å². The predicted octanol–water partition coefficient (Wildman–Crippen LogP) is 6.29. The lowest BCUT2D eigenvalue weighted by molar-refractivity contribution is -0.144. The Morgan fingerprint density at radius 3 is 2.50 bits per heavy atom. The van der Waals surface area contributed by atoms with Crippen LogP contribution in [-0.2, 0) is 30.5 Å². The maximum Gasteiger partial charge on any atom is 0.416 e. The molecule has 7 heteroatoms. The number of amides is 1. The maximum absolute atomic E-state index is 13.6. The summed E-state index contributed by atoms with van der Waals surface area (Å²) in [7, 11) is 0. The zero-order chi connectivity index (χ0) is 25.3. The minimum Gasteiger partial charge on any atom is -0.457 e. The summed E-state index contributed by atoms with van der Waals surface area (Å²) >= 11 is 0. The normalized spacial score (nSPS) is 20.3. The Kier molecular flexibility index (Phi) is 6.51. The van der Waals surface area contributed by atoms with Gasteiger partial charge in [0.1, 0.15) is 11.5 Å². The molecule has 4 nitrogen and oxygen atoms in total. The first kappa shape index (κ1) is 24.4. The summed E-state index contributed by atoms with van der Waals surface area (Å²) < 4.78 is 46.7. The molecule has 188 valence electrons. The molecular weight excluding hydrogens is 465 g/mol. The molecule has 1 atom stereocenters. The average Bonchev–Trinajstić information content (AvgIpc) is 3.24. The van der Waals surface area contributed by atoms with E-state index in [0.29, 0.717) is 38.0 Å². The van der Waals surface area contributed by atoms with E-state index in [9.17, 15) is 18.0 Å². The van der Waals surface area contributed by atoms with Crippen LogP contribution in [0.1, 0.15) is 35.6 Å². The summed E-state index contributed by atoms with van der Waals surface area (Å²) in [4.78, 5) is 17.4. The lowest BCUT2D eigenvalue weighted by Crippen LogP contribution is -2.46. The molecule has 3 aromatic rings. The largest absolute Gasteiger partial charge is 0.457 e. The zero-order valence-electron chi connectivity index (χ0n) is 20.2. The molecule has 2 aliphatic rings. The van der Waals surface area contributed by atoms with Crippen molar-refractivity contribution in [2.24, 2.45) is 5.41 Å². The van der Waals surface area contributed by atoms with Gasteiger partial charge in [-0.3, -0.25) is 9.69 Å². The molecule has 2 aliphatic heterocycles. The van der Waals surface area contributed by atoms with Crippen molar-refractivity contribution in [3.8, 4) is 11.5 Å². The first-order valence-corrected chi connectivity index (χ1v) is 12.2.